The summed E-state index contributed by atoms with van der Waals surface area (Å²) in [4.78, 5) is 42.7. The Labute approximate surface area is 163 Å². The van der Waals surface area contributed by atoms with E-state index in [0.29, 0.717) is 0 Å². The van der Waals surface area contributed by atoms with Crippen molar-refractivity contribution in [2.24, 2.45) is 0 Å². The molecule has 0 aromatic carbocycles. The Hall–Kier alpha value is 1.90. The molecule has 0 aromatic heterocycles. The molecule has 19 heavy (non-hydrogen) atoms. The Morgan fingerprint density at radius 1 is 1.00 bits per heavy atom. The standard InChI is InChI=1S/C5H8Cl2O8P2.2Na/c1-3(8)14-17(13,15-4(2)9)5(6,7)16(10,11)12;;/h1-2H3,(H2,10,11,12);;/q;2*+1/p-2. The van der Waals surface area contributed by atoms with Crippen molar-refractivity contribution in [2.45, 2.75) is 17.7 Å². The second-order valence-electron chi connectivity index (χ2n) is 2.67. The molecule has 0 atom stereocenters. The van der Waals surface area contributed by atoms with Crippen LogP contribution in [0.15, 0.2) is 0 Å². The first-order valence-electron chi connectivity index (χ1n) is 3.74. The fourth-order valence-corrected chi connectivity index (χ4v) is 3.41. The van der Waals surface area contributed by atoms with E-state index in [1.165, 1.54) is 0 Å². The van der Waals surface area contributed by atoms with Gasteiger partial charge in [0.25, 0.3) is 3.82 Å². The molecule has 0 spiro atoms. The summed E-state index contributed by atoms with van der Waals surface area (Å²) in [7, 11) is -11.1. The summed E-state index contributed by atoms with van der Waals surface area (Å²) in [5.41, 5.74) is 0. The van der Waals surface area contributed by atoms with Crippen molar-refractivity contribution in [1.29, 1.82) is 0 Å². The maximum absolute atomic E-state index is 11.8. The second-order valence-corrected chi connectivity index (χ2v) is 9.10. The molecule has 100 valence electrons. The predicted octanol–water partition coefficient (Wildman–Crippen LogP) is -5.68. The van der Waals surface area contributed by atoms with E-state index in [4.69, 9.17) is 23.2 Å². The zero-order valence-electron chi connectivity index (χ0n) is 10.4. The molecule has 0 unspecified atom stereocenters. The van der Waals surface area contributed by atoms with E-state index in [1.807, 2.05) is 0 Å². The van der Waals surface area contributed by atoms with Crippen LogP contribution in [0.1, 0.15) is 13.8 Å². The van der Waals surface area contributed by atoms with E-state index in [1.54, 1.807) is 0 Å². The number of halogens is 2. The van der Waals surface area contributed by atoms with Crippen LogP contribution in [-0.4, -0.2) is 15.8 Å². The van der Waals surface area contributed by atoms with Crippen LogP contribution in [-0.2, 0) is 27.8 Å². The molecule has 0 aliphatic carbocycles. The average molecular weight is 373 g/mol. The Morgan fingerprint density at radius 2 is 1.26 bits per heavy atom. The molecule has 0 saturated heterocycles. The molecule has 8 nitrogen and oxygen atoms in total. The number of alkyl halides is 2. The van der Waals surface area contributed by atoms with Crippen molar-refractivity contribution >= 4 is 50.3 Å². The van der Waals surface area contributed by atoms with Crippen molar-refractivity contribution < 1.29 is 96.7 Å². The SMILES string of the molecule is CC(=O)OP(=O)(OC(C)=O)C(Cl)(Cl)P(=O)([O-])[O-].[Na+].[Na+]. The van der Waals surface area contributed by atoms with E-state index in [-0.39, 0.29) is 59.1 Å². The minimum atomic E-state index is -5.89. The second kappa shape index (κ2) is 9.13. The van der Waals surface area contributed by atoms with Gasteiger partial charge < -0.3 is 23.4 Å². The van der Waals surface area contributed by atoms with Gasteiger partial charge in [-0.25, -0.2) is 4.57 Å². The van der Waals surface area contributed by atoms with Crippen LogP contribution < -0.4 is 68.9 Å². The van der Waals surface area contributed by atoms with Gasteiger partial charge in [-0.3, -0.25) is 9.59 Å². The van der Waals surface area contributed by atoms with Crippen LogP contribution in [0.4, 0.5) is 0 Å². The first-order chi connectivity index (χ1) is 7.33. The van der Waals surface area contributed by atoms with Gasteiger partial charge in [0.2, 0.25) is 0 Å². The van der Waals surface area contributed by atoms with Crippen LogP contribution in [0.25, 0.3) is 0 Å². The van der Waals surface area contributed by atoms with Gasteiger partial charge in [-0.15, -0.1) is 0 Å². The fourth-order valence-electron chi connectivity index (χ4n) is 0.617. The molecule has 0 aliphatic rings. The van der Waals surface area contributed by atoms with Crippen molar-refractivity contribution in [3.8, 4) is 0 Å². The molecule has 0 N–H and O–H groups in total. The van der Waals surface area contributed by atoms with Gasteiger partial charge in [0.1, 0.15) is 0 Å². The Balaban J connectivity index is -0.00000128. The van der Waals surface area contributed by atoms with Gasteiger partial charge in [0, 0.05) is 13.8 Å². The Bertz CT molecular complexity index is 415. The number of carbonyl (C=O) groups excluding carboxylic acids is 2. The van der Waals surface area contributed by atoms with Crippen LogP contribution in [0.5, 0.6) is 0 Å². The summed E-state index contributed by atoms with van der Waals surface area (Å²) in [6.07, 6.45) is 0. The van der Waals surface area contributed by atoms with Crippen molar-refractivity contribution in [2.75, 3.05) is 0 Å². The normalized spacial score (nSPS) is 11.7. The van der Waals surface area contributed by atoms with Crippen molar-refractivity contribution in [3.05, 3.63) is 0 Å². The Kier molecular flexibility index (Phi) is 12.4. The summed E-state index contributed by atoms with van der Waals surface area (Å²) < 4.78 is 26.9. The summed E-state index contributed by atoms with van der Waals surface area (Å²) >= 11 is 10.1. The van der Waals surface area contributed by atoms with Crippen molar-refractivity contribution in [1.82, 2.24) is 0 Å². The first kappa shape index (κ1) is 25.8. The molecule has 0 saturated carbocycles. The van der Waals surface area contributed by atoms with Gasteiger partial charge >= 0.3 is 78.6 Å². The van der Waals surface area contributed by atoms with Crippen LogP contribution in [0.2, 0.25) is 0 Å². The smallest absolute Gasteiger partial charge is 0.808 e. The molecule has 0 fully saturated rings. The van der Waals surface area contributed by atoms with E-state index in [2.05, 4.69) is 9.05 Å². The maximum atomic E-state index is 11.8. The first-order valence-corrected chi connectivity index (χ1v) is 7.58. The number of hydrogen-bond acceptors (Lipinski definition) is 8. The van der Waals surface area contributed by atoms with Gasteiger partial charge in [-0.05, 0) is 7.60 Å². The molecule has 0 aromatic rings. The number of carbonyl (C=O) groups is 2. The quantitative estimate of drug-likeness (QED) is 0.271. The average Bonchev–Trinajstić information content (AvgIpc) is 1.97. The van der Waals surface area contributed by atoms with Gasteiger partial charge in [-0.1, -0.05) is 23.2 Å². The minimum Gasteiger partial charge on any atom is -0.808 e. The van der Waals surface area contributed by atoms with Crippen LogP contribution >= 0.6 is 38.4 Å². The molecular formula is C5H6Cl2Na2O8P2. The summed E-state index contributed by atoms with van der Waals surface area (Å²) in [5.74, 6) is -2.59. The van der Waals surface area contributed by atoms with Crippen LogP contribution in [0, 0.1) is 0 Å². The summed E-state index contributed by atoms with van der Waals surface area (Å²) in [6, 6.07) is 0. The van der Waals surface area contributed by atoms with Crippen LogP contribution in [0.3, 0.4) is 0 Å². The topological polar surface area (TPSA) is 133 Å². The zero-order chi connectivity index (χ0) is 14.1. The zero-order valence-corrected chi connectivity index (χ0v) is 17.7. The van der Waals surface area contributed by atoms with Gasteiger partial charge in [-0.2, -0.15) is 0 Å². The summed E-state index contributed by atoms with van der Waals surface area (Å²) in [5, 5.41) is 0. The maximum Gasteiger partial charge on any atom is 1.00 e. The third-order valence-electron chi connectivity index (χ3n) is 1.16. The van der Waals surface area contributed by atoms with Gasteiger partial charge in [0.05, 0.1) is 0 Å². The molecule has 0 radical (unpaired) electrons. The van der Waals surface area contributed by atoms with Gasteiger partial charge in [0.15, 0.2) is 0 Å². The van der Waals surface area contributed by atoms with E-state index in [9.17, 15) is 28.5 Å². The molecule has 0 aliphatic heterocycles. The molecule has 0 bridgehead atoms. The van der Waals surface area contributed by atoms with E-state index < -0.39 is 30.9 Å². The molecule has 0 heterocycles. The fraction of sp³-hybridized carbons (Fsp3) is 0.600. The monoisotopic (exact) mass is 372 g/mol. The Morgan fingerprint density at radius 3 is 1.42 bits per heavy atom. The number of rotatable bonds is 4. The summed E-state index contributed by atoms with van der Waals surface area (Å²) in [6.45, 7) is 1.45. The third kappa shape index (κ3) is 7.13. The molecular weight excluding hydrogens is 367 g/mol. The third-order valence-corrected chi connectivity index (χ3v) is 7.42. The molecule has 0 amide bonds. The molecule has 14 heteroatoms. The number of hydrogen-bond donors (Lipinski definition) is 0. The minimum absolute atomic E-state index is 0. The van der Waals surface area contributed by atoms with E-state index >= 15 is 0 Å². The largest absolute Gasteiger partial charge is 1.00 e. The molecule has 0 rings (SSSR count). The van der Waals surface area contributed by atoms with E-state index in [0.717, 1.165) is 13.8 Å². The van der Waals surface area contributed by atoms with Crippen molar-refractivity contribution in [3.63, 3.8) is 0 Å². The predicted molar refractivity (Wildman–Crippen MR) is 53.2 cm³/mol.